The van der Waals surface area contributed by atoms with Gasteiger partial charge in [0.2, 0.25) is 5.91 Å². The van der Waals surface area contributed by atoms with Gasteiger partial charge >= 0.3 is 0 Å². The molecule has 4 rings (SSSR count). The second kappa shape index (κ2) is 6.24. The summed E-state index contributed by atoms with van der Waals surface area (Å²) in [6, 6.07) is 8.56. The molecular weight excluding hydrogens is 321 g/mol. The summed E-state index contributed by atoms with van der Waals surface area (Å²) < 4.78 is 24.2. The number of carbonyl (C=O) groups excluding carboxylic acids is 1. The lowest BCUT2D eigenvalue weighted by molar-refractivity contribution is -0.115. The Bertz CT molecular complexity index is 961. The number of furan rings is 1. The fraction of sp³-hybridized carbons (Fsp3) is 0.250. The lowest BCUT2D eigenvalue weighted by atomic mass is 10.0. The molecule has 128 valence electrons. The quantitative estimate of drug-likeness (QED) is 0.773. The van der Waals surface area contributed by atoms with Gasteiger partial charge in [-0.25, -0.2) is 4.39 Å². The van der Waals surface area contributed by atoms with Crippen LogP contribution in [0.25, 0.3) is 11.0 Å². The van der Waals surface area contributed by atoms with Crippen molar-refractivity contribution in [2.45, 2.75) is 25.7 Å². The maximum absolute atomic E-state index is 13.7. The Labute approximate surface area is 144 Å². The topological polar surface area (TPSA) is 51.5 Å². The van der Waals surface area contributed by atoms with Gasteiger partial charge in [-0.1, -0.05) is 0 Å². The molecule has 1 N–H and O–H groups in total. The predicted molar refractivity (Wildman–Crippen MR) is 93.5 cm³/mol. The van der Waals surface area contributed by atoms with E-state index in [2.05, 4.69) is 17.4 Å². The molecule has 0 saturated heterocycles. The number of hydrogen-bond donors (Lipinski definition) is 1. The fourth-order valence-electron chi connectivity index (χ4n) is 3.41. The standard InChI is InChI=1S/C20H18FNO3/c1-24-18-6-5-15(10-17(18)21)22-20(23)9-14-11-25-19-8-13-4-2-3-12(13)7-16(14)19/h5-8,10-11H,2-4,9H2,1H3,(H,22,23). The highest BCUT2D eigenvalue weighted by atomic mass is 19.1. The number of methoxy groups -OCH3 is 1. The zero-order chi connectivity index (χ0) is 17.4. The molecule has 2 aromatic carbocycles. The molecule has 0 atom stereocenters. The van der Waals surface area contributed by atoms with Crippen molar-refractivity contribution < 1.29 is 18.3 Å². The molecule has 0 fully saturated rings. The van der Waals surface area contributed by atoms with Gasteiger partial charge in [-0.3, -0.25) is 4.79 Å². The molecule has 0 bridgehead atoms. The number of aryl methyl sites for hydroxylation is 2. The third-order valence-corrected chi connectivity index (χ3v) is 4.65. The second-order valence-electron chi connectivity index (χ2n) is 6.31. The molecule has 5 heteroatoms. The van der Waals surface area contributed by atoms with Gasteiger partial charge in [-0.05, 0) is 54.7 Å². The Morgan fingerprint density at radius 3 is 2.80 bits per heavy atom. The molecule has 3 aromatic rings. The maximum Gasteiger partial charge on any atom is 0.228 e. The molecule has 0 spiro atoms. The number of ether oxygens (including phenoxy) is 1. The van der Waals surface area contributed by atoms with Crippen LogP contribution in [0.5, 0.6) is 5.75 Å². The van der Waals surface area contributed by atoms with Gasteiger partial charge in [0.05, 0.1) is 19.8 Å². The summed E-state index contributed by atoms with van der Waals surface area (Å²) >= 11 is 0. The monoisotopic (exact) mass is 339 g/mol. The summed E-state index contributed by atoms with van der Waals surface area (Å²) in [4.78, 5) is 12.3. The summed E-state index contributed by atoms with van der Waals surface area (Å²) in [6.07, 6.45) is 5.15. The Balaban J connectivity index is 1.53. The number of rotatable bonds is 4. The lowest BCUT2D eigenvalue weighted by Crippen LogP contribution is -2.14. The summed E-state index contributed by atoms with van der Waals surface area (Å²) in [7, 11) is 1.40. The number of carbonyl (C=O) groups is 1. The molecule has 0 radical (unpaired) electrons. The van der Waals surface area contributed by atoms with Gasteiger partial charge < -0.3 is 14.5 Å². The third-order valence-electron chi connectivity index (χ3n) is 4.65. The van der Waals surface area contributed by atoms with E-state index in [1.54, 1.807) is 12.3 Å². The first-order chi connectivity index (χ1) is 12.1. The van der Waals surface area contributed by atoms with Crippen LogP contribution < -0.4 is 10.1 Å². The van der Waals surface area contributed by atoms with Crippen LogP contribution in [0.4, 0.5) is 10.1 Å². The molecule has 0 aliphatic heterocycles. The van der Waals surface area contributed by atoms with Crippen LogP contribution in [-0.4, -0.2) is 13.0 Å². The number of nitrogens with one attached hydrogen (secondary N) is 1. The van der Waals surface area contributed by atoms with Crippen molar-refractivity contribution in [3.05, 3.63) is 59.1 Å². The Hall–Kier alpha value is -2.82. The number of amides is 1. The molecule has 4 nitrogen and oxygen atoms in total. The molecule has 0 unspecified atom stereocenters. The van der Waals surface area contributed by atoms with E-state index in [0.29, 0.717) is 5.69 Å². The minimum absolute atomic E-state index is 0.146. The van der Waals surface area contributed by atoms with E-state index in [1.165, 1.54) is 36.8 Å². The SMILES string of the molecule is COc1ccc(NC(=O)Cc2coc3cc4c(cc23)CCC4)cc1F. The van der Waals surface area contributed by atoms with Crippen LogP contribution in [0, 0.1) is 5.82 Å². The van der Waals surface area contributed by atoms with Gasteiger partial charge in [0, 0.05) is 22.7 Å². The fourth-order valence-corrected chi connectivity index (χ4v) is 3.41. The van der Waals surface area contributed by atoms with Gasteiger partial charge in [0.25, 0.3) is 0 Å². The Morgan fingerprint density at radius 2 is 2.04 bits per heavy atom. The lowest BCUT2D eigenvalue weighted by Gasteiger charge is -2.07. The van der Waals surface area contributed by atoms with Crippen molar-refractivity contribution in [2.24, 2.45) is 0 Å². The zero-order valence-electron chi connectivity index (χ0n) is 13.9. The first-order valence-corrected chi connectivity index (χ1v) is 8.29. The normalized spacial score (nSPS) is 13.0. The van der Waals surface area contributed by atoms with Crippen LogP contribution >= 0.6 is 0 Å². The van der Waals surface area contributed by atoms with E-state index in [1.807, 2.05) is 0 Å². The highest BCUT2D eigenvalue weighted by Crippen LogP contribution is 2.30. The molecule has 1 aliphatic carbocycles. The second-order valence-corrected chi connectivity index (χ2v) is 6.31. The first-order valence-electron chi connectivity index (χ1n) is 8.29. The van der Waals surface area contributed by atoms with Crippen molar-refractivity contribution in [3.63, 3.8) is 0 Å². The molecule has 1 amide bonds. The summed E-state index contributed by atoms with van der Waals surface area (Å²) in [5.41, 5.74) is 4.74. The number of hydrogen-bond acceptors (Lipinski definition) is 3. The molecule has 1 heterocycles. The molecule has 1 aliphatic rings. The van der Waals surface area contributed by atoms with Crippen LogP contribution in [0.15, 0.2) is 41.0 Å². The zero-order valence-corrected chi connectivity index (χ0v) is 13.9. The van der Waals surface area contributed by atoms with Gasteiger partial charge in [0.15, 0.2) is 11.6 Å². The molecule has 25 heavy (non-hydrogen) atoms. The van der Waals surface area contributed by atoms with Crippen molar-refractivity contribution in [1.82, 2.24) is 0 Å². The van der Waals surface area contributed by atoms with E-state index in [4.69, 9.17) is 9.15 Å². The highest BCUT2D eigenvalue weighted by molar-refractivity contribution is 5.95. The Kier molecular flexibility index (Phi) is 3.92. The van der Waals surface area contributed by atoms with Gasteiger partial charge in [-0.15, -0.1) is 0 Å². The Morgan fingerprint density at radius 1 is 1.24 bits per heavy atom. The molecular formula is C20H18FNO3. The van der Waals surface area contributed by atoms with E-state index >= 15 is 0 Å². The minimum atomic E-state index is -0.510. The van der Waals surface area contributed by atoms with E-state index < -0.39 is 5.82 Å². The first kappa shape index (κ1) is 15.7. The predicted octanol–water partition coefficient (Wildman–Crippen LogP) is 4.25. The average molecular weight is 339 g/mol. The highest BCUT2D eigenvalue weighted by Gasteiger charge is 2.17. The molecule has 1 aromatic heterocycles. The van der Waals surface area contributed by atoms with E-state index in [9.17, 15) is 9.18 Å². The van der Waals surface area contributed by atoms with Crippen molar-refractivity contribution >= 4 is 22.6 Å². The van der Waals surface area contributed by atoms with E-state index in [0.717, 1.165) is 29.4 Å². The van der Waals surface area contributed by atoms with Crippen LogP contribution in [0.1, 0.15) is 23.1 Å². The summed E-state index contributed by atoms with van der Waals surface area (Å²) in [5, 5.41) is 3.70. The van der Waals surface area contributed by atoms with Crippen LogP contribution in [-0.2, 0) is 24.1 Å². The average Bonchev–Trinajstić information content (AvgIpc) is 3.20. The third kappa shape index (κ3) is 2.97. The smallest absolute Gasteiger partial charge is 0.228 e. The number of benzene rings is 2. The number of fused-ring (bicyclic) bond motifs is 2. The summed E-state index contributed by atoms with van der Waals surface area (Å²) in [6.45, 7) is 0. The number of anilines is 1. The summed E-state index contributed by atoms with van der Waals surface area (Å²) in [5.74, 6) is -0.579. The van der Waals surface area contributed by atoms with E-state index in [-0.39, 0.29) is 18.1 Å². The van der Waals surface area contributed by atoms with Gasteiger partial charge in [-0.2, -0.15) is 0 Å². The number of halogens is 1. The largest absolute Gasteiger partial charge is 0.494 e. The molecule has 0 saturated carbocycles. The van der Waals surface area contributed by atoms with Crippen molar-refractivity contribution in [2.75, 3.05) is 12.4 Å². The van der Waals surface area contributed by atoms with Crippen LogP contribution in [0.3, 0.4) is 0 Å². The van der Waals surface area contributed by atoms with Crippen LogP contribution in [0.2, 0.25) is 0 Å². The van der Waals surface area contributed by atoms with Gasteiger partial charge in [0.1, 0.15) is 5.58 Å². The minimum Gasteiger partial charge on any atom is -0.494 e. The van der Waals surface area contributed by atoms with Crippen molar-refractivity contribution in [1.29, 1.82) is 0 Å². The maximum atomic E-state index is 13.7. The van der Waals surface area contributed by atoms with Crippen molar-refractivity contribution in [3.8, 4) is 5.75 Å².